The quantitative estimate of drug-likeness (QED) is 0.893. The molecule has 2 heterocycles. The first-order chi connectivity index (χ1) is 10.1. The Morgan fingerprint density at radius 1 is 1.48 bits per heavy atom. The van der Waals surface area contributed by atoms with Gasteiger partial charge in [0.15, 0.2) is 5.82 Å². The number of nitrogens with zero attached hydrogens (tertiary/aromatic N) is 1. The second-order valence-corrected chi connectivity index (χ2v) is 5.53. The molecule has 0 bridgehead atoms. The number of amides is 2. The van der Waals surface area contributed by atoms with Crippen molar-refractivity contribution in [3.05, 3.63) is 45.2 Å². The molecule has 108 valence electrons. The number of fused-ring (bicyclic) bond motifs is 1. The SMILES string of the molecule is Cc1ncsc1C(=O)Nc1ccc2c(c1F)CCNC2=O. The molecule has 1 aliphatic rings. The summed E-state index contributed by atoms with van der Waals surface area (Å²) < 4.78 is 14.4. The zero-order valence-corrected chi connectivity index (χ0v) is 12.0. The number of aryl methyl sites for hydroxylation is 1. The highest BCUT2D eigenvalue weighted by Crippen LogP contribution is 2.25. The number of nitrogens with one attached hydrogen (secondary N) is 2. The van der Waals surface area contributed by atoms with Crippen LogP contribution in [0.3, 0.4) is 0 Å². The van der Waals surface area contributed by atoms with Crippen LogP contribution in [0.25, 0.3) is 0 Å². The predicted molar refractivity (Wildman–Crippen MR) is 77.2 cm³/mol. The molecule has 1 aliphatic heterocycles. The number of thiazole rings is 1. The second kappa shape index (κ2) is 5.25. The van der Waals surface area contributed by atoms with Crippen molar-refractivity contribution >= 4 is 28.8 Å². The Bertz CT molecular complexity index is 742. The van der Waals surface area contributed by atoms with Crippen molar-refractivity contribution in [1.82, 2.24) is 10.3 Å². The standard InChI is InChI=1S/C14H12FN3O2S/c1-7-12(21-6-17-7)14(20)18-10-3-2-9-8(11(10)15)4-5-16-13(9)19/h2-3,6H,4-5H2,1H3,(H,16,19)(H,18,20). The normalized spacial score (nSPS) is 13.5. The number of carbonyl (C=O) groups excluding carboxylic acids is 2. The summed E-state index contributed by atoms with van der Waals surface area (Å²) in [7, 11) is 0. The summed E-state index contributed by atoms with van der Waals surface area (Å²) in [6.45, 7) is 2.12. The Labute approximate surface area is 124 Å². The highest BCUT2D eigenvalue weighted by Gasteiger charge is 2.23. The van der Waals surface area contributed by atoms with Crippen LogP contribution in [0.5, 0.6) is 0 Å². The molecule has 0 fully saturated rings. The largest absolute Gasteiger partial charge is 0.352 e. The van der Waals surface area contributed by atoms with Gasteiger partial charge in [-0.2, -0.15) is 0 Å². The molecule has 0 atom stereocenters. The van der Waals surface area contributed by atoms with E-state index in [1.165, 1.54) is 23.5 Å². The predicted octanol–water partition coefficient (Wildman–Crippen LogP) is 2.13. The van der Waals surface area contributed by atoms with Crippen molar-refractivity contribution in [3.8, 4) is 0 Å². The molecule has 3 rings (SSSR count). The summed E-state index contributed by atoms with van der Waals surface area (Å²) in [6, 6.07) is 2.94. The van der Waals surface area contributed by atoms with Gasteiger partial charge in [-0.15, -0.1) is 11.3 Å². The first-order valence-corrected chi connectivity index (χ1v) is 7.27. The number of rotatable bonds is 2. The maximum atomic E-state index is 14.4. The van der Waals surface area contributed by atoms with Gasteiger partial charge in [-0.1, -0.05) is 0 Å². The van der Waals surface area contributed by atoms with Crippen LogP contribution in [-0.4, -0.2) is 23.3 Å². The van der Waals surface area contributed by atoms with E-state index in [9.17, 15) is 14.0 Å². The van der Waals surface area contributed by atoms with Crippen LogP contribution in [0.2, 0.25) is 0 Å². The van der Waals surface area contributed by atoms with Crippen molar-refractivity contribution in [1.29, 1.82) is 0 Å². The van der Waals surface area contributed by atoms with Crippen LogP contribution in [0.1, 0.15) is 31.3 Å². The summed E-state index contributed by atoms with van der Waals surface area (Å²) in [5, 5.41) is 5.20. The second-order valence-electron chi connectivity index (χ2n) is 4.68. The Kier molecular flexibility index (Phi) is 3.42. The minimum atomic E-state index is -0.544. The molecule has 21 heavy (non-hydrogen) atoms. The number of aromatic nitrogens is 1. The fraction of sp³-hybridized carbons (Fsp3) is 0.214. The van der Waals surface area contributed by atoms with Crippen LogP contribution in [-0.2, 0) is 6.42 Å². The maximum absolute atomic E-state index is 14.4. The molecule has 0 spiro atoms. The molecule has 2 amide bonds. The number of halogens is 1. The van der Waals surface area contributed by atoms with E-state index in [1.807, 2.05) is 0 Å². The lowest BCUT2D eigenvalue weighted by molar-refractivity contribution is 0.0944. The van der Waals surface area contributed by atoms with Crippen molar-refractivity contribution in [2.24, 2.45) is 0 Å². The number of carbonyl (C=O) groups is 2. The van der Waals surface area contributed by atoms with E-state index in [0.717, 1.165) is 0 Å². The molecule has 0 unspecified atom stereocenters. The third kappa shape index (κ3) is 2.40. The molecule has 2 N–H and O–H groups in total. The van der Waals surface area contributed by atoms with Gasteiger partial charge in [0, 0.05) is 17.7 Å². The molecule has 5 nitrogen and oxygen atoms in total. The first kappa shape index (κ1) is 13.7. The van der Waals surface area contributed by atoms with Gasteiger partial charge in [-0.25, -0.2) is 9.37 Å². The van der Waals surface area contributed by atoms with Gasteiger partial charge in [0.05, 0.1) is 16.9 Å². The minimum Gasteiger partial charge on any atom is -0.352 e. The van der Waals surface area contributed by atoms with E-state index in [2.05, 4.69) is 15.6 Å². The fourth-order valence-electron chi connectivity index (χ4n) is 2.27. The number of hydrogen-bond donors (Lipinski definition) is 2. The number of benzene rings is 1. The summed E-state index contributed by atoms with van der Waals surface area (Å²) >= 11 is 1.20. The van der Waals surface area contributed by atoms with E-state index in [-0.39, 0.29) is 11.6 Å². The van der Waals surface area contributed by atoms with E-state index >= 15 is 0 Å². The van der Waals surface area contributed by atoms with Crippen LogP contribution < -0.4 is 10.6 Å². The Morgan fingerprint density at radius 2 is 2.29 bits per heavy atom. The molecule has 0 radical (unpaired) electrons. The topological polar surface area (TPSA) is 71.1 Å². The summed E-state index contributed by atoms with van der Waals surface area (Å²) in [5.41, 5.74) is 2.93. The first-order valence-electron chi connectivity index (χ1n) is 6.39. The van der Waals surface area contributed by atoms with Crippen molar-refractivity contribution in [2.75, 3.05) is 11.9 Å². The highest BCUT2D eigenvalue weighted by atomic mass is 32.1. The van der Waals surface area contributed by atoms with Crippen LogP contribution >= 0.6 is 11.3 Å². The molecule has 0 saturated heterocycles. The van der Waals surface area contributed by atoms with Gasteiger partial charge >= 0.3 is 0 Å². The zero-order valence-electron chi connectivity index (χ0n) is 11.2. The lowest BCUT2D eigenvalue weighted by Gasteiger charge is -2.18. The summed E-state index contributed by atoms with van der Waals surface area (Å²) in [4.78, 5) is 28.2. The van der Waals surface area contributed by atoms with E-state index in [1.54, 1.807) is 12.4 Å². The van der Waals surface area contributed by atoms with Gasteiger partial charge in [-0.3, -0.25) is 9.59 Å². The molecule has 1 aromatic carbocycles. The monoisotopic (exact) mass is 305 g/mol. The number of anilines is 1. The minimum absolute atomic E-state index is 0.0845. The Balaban J connectivity index is 1.92. The van der Waals surface area contributed by atoms with Crippen molar-refractivity contribution < 1.29 is 14.0 Å². The number of hydrogen-bond acceptors (Lipinski definition) is 4. The molecule has 0 aliphatic carbocycles. The summed E-state index contributed by atoms with van der Waals surface area (Å²) in [6.07, 6.45) is 0.413. The van der Waals surface area contributed by atoms with E-state index < -0.39 is 11.7 Å². The molecule has 1 aromatic heterocycles. The van der Waals surface area contributed by atoms with Gasteiger partial charge in [0.25, 0.3) is 11.8 Å². The molecule has 2 aromatic rings. The van der Waals surface area contributed by atoms with Gasteiger partial charge < -0.3 is 10.6 Å². The molecule has 7 heteroatoms. The third-order valence-corrected chi connectivity index (χ3v) is 4.28. The average molecular weight is 305 g/mol. The van der Waals surface area contributed by atoms with Crippen molar-refractivity contribution in [3.63, 3.8) is 0 Å². The average Bonchev–Trinajstić information content (AvgIpc) is 2.89. The zero-order chi connectivity index (χ0) is 15.0. The van der Waals surface area contributed by atoms with Crippen LogP contribution in [0, 0.1) is 12.7 Å². The Morgan fingerprint density at radius 3 is 3.00 bits per heavy atom. The fourth-order valence-corrected chi connectivity index (χ4v) is 2.97. The third-order valence-electron chi connectivity index (χ3n) is 3.35. The lowest BCUT2D eigenvalue weighted by atomic mass is 9.99. The highest BCUT2D eigenvalue weighted by molar-refractivity contribution is 7.12. The smallest absolute Gasteiger partial charge is 0.267 e. The van der Waals surface area contributed by atoms with Gasteiger partial charge in [-0.05, 0) is 25.5 Å². The molecule has 0 saturated carbocycles. The van der Waals surface area contributed by atoms with Crippen molar-refractivity contribution in [2.45, 2.75) is 13.3 Å². The van der Waals surface area contributed by atoms with Crippen LogP contribution in [0.4, 0.5) is 10.1 Å². The van der Waals surface area contributed by atoms with E-state index in [4.69, 9.17) is 0 Å². The lowest BCUT2D eigenvalue weighted by Crippen LogP contribution is -2.32. The van der Waals surface area contributed by atoms with Gasteiger partial charge in [0.1, 0.15) is 4.88 Å². The Hall–Kier alpha value is -2.28. The van der Waals surface area contributed by atoms with Crippen LogP contribution in [0.15, 0.2) is 17.6 Å². The van der Waals surface area contributed by atoms with Gasteiger partial charge in [0.2, 0.25) is 0 Å². The summed E-state index contributed by atoms with van der Waals surface area (Å²) in [5.74, 6) is -1.22. The molecular formula is C14H12FN3O2S. The van der Waals surface area contributed by atoms with E-state index in [0.29, 0.717) is 34.7 Å². The molecular weight excluding hydrogens is 293 g/mol. The maximum Gasteiger partial charge on any atom is 0.267 e.